The van der Waals surface area contributed by atoms with E-state index in [0.717, 1.165) is 11.3 Å². The summed E-state index contributed by atoms with van der Waals surface area (Å²) in [5.41, 5.74) is 0.907. The van der Waals surface area contributed by atoms with Crippen molar-refractivity contribution in [3.05, 3.63) is 35.9 Å². The number of aliphatic hydroxyl groups excluding tert-OH is 1. The molecule has 3 atom stereocenters. The Bertz CT molecular complexity index is 596. The molecule has 1 aliphatic rings. The van der Waals surface area contributed by atoms with E-state index >= 15 is 0 Å². The molecule has 0 heterocycles. The number of aliphatic hydroxyl groups is 1. The second kappa shape index (κ2) is 9.42. The highest BCUT2D eigenvalue weighted by atomic mass is 32.3. The van der Waals surface area contributed by atoms with Crippen LogP contribution in [0.1, 0.15) is 18.4 Å². The van der Waals surface area contributed by atoms with Gasteiger partial charge in [0.25, 0.3) is 0 Å². The molecule has 0 amide bonds. The zero-order chi connectivity index (χ0) is 19.2. The lowest BCUT2D eigenvalue weighted by atomic mass is 9.90. The van der Waals surface area contributed by atoms with Crippen molar-refractivity contribution in [1.29, 1.82) is 0 Å². The summed E-state index contributed by atoms with van der Waals surface area (Å²) in [5.74, 6) is -1.32. The molecular weight excluding hydrogens is 352 g/mol. The molecule has 0 unspecified atom stereocenters. The number of esters is 2. The summed E-state index contributed by atoms with van der Waals surface area (Å²) in [7, 11) is -0.750. The Labute approximate surface area is 157 Å². The molecule has 0 saturated heterocycles. The number of benzene rings is 1. The second-order valence-corrected chi connectivity index (χ2v) is 12.3. The van der Waals surface area contributed by atoms with Gasteiger partial charge in [0, 0.05) is 12.4 Å². The van der Waals surface area contributed by atoms with Gasteiger partial charge in [0.2, 0.25) is 0 Å². The van der Waals surface area contributed by atoms with Crippen molar-refractivity contribution in [3.8, 4) is 0 Å². The third kappa shape index (κ3) is 6.02. The molecule has 1 N–H and O–H groups in total. The summed E-state index contributed by atoms with van der Waals surface area (Å²) in [6.45, 7) is 0.431. The van der Waals surface area contributed by atoms with Gasteiger partial charge < -0.3 is 14.6 Å². The average molecular weight is 383 g/mol. The number of carbonyl (C=O) groups excluding carboxylic acids is 2. The SMILES string of the molecule is CS(C)(C)CCOC(=O)[C@H]1[C@H](CO)CC[C@@H]1C(=O)OCc1ccccc1. The largest absolute Gasteiger partial charge is 0.465 e. The van der Waals surface area contributed by atoms with Gasteiger partial charge in [-0.2, -0.15) is 0 Å². The minimum absolute atomic E-state index is 0.118. The van der Waals surface area contributed by atoms with Gasteiger partial charge in [-0.15, -0.1) is 0 Å². The minimum atomic E-state index is -0.750. The highest BCUT2D eigenvalue weighted by molar-refractivity contribution is 8.32. The number of hydrogen-bond acceptors (Lipinski definition) is 5. The Morgan fingerprint density at radius 1 is 1.08 bits per heavy atom. The van der Waals surface area contributed by atoms with Gasteiger partial charge in [0.1, 0.15) is 6.61 Å². The maximum absolute atomic E-state index is 12.6. The standard InChI is InChI=1S/C20H30O5S/c1-26(2,3)12-11-24-20(23)18-16(13-21)9-10-17(18)19(22)25-14-15-7-5-4-6-8-15/h4-8,16-18,21H,9-14H2,1-3H3/t16-,17-,18-/m0/s1. The summed E-state index contributed by atoms with van der Waals surface area (Å²) in [5, 5.41) is 9.59. The molecule has 5 nitrogen and oxygen atoms in total. The van der Waals surface area contributed by atoms with E-state index in [4.69, 9.17) is 9.47 Å². The lowest BCUT2D eigenvalue weighted by Crippen LogP contribution is -2.34. The maximum atomic E-state index is 12.6. The topological polar surface area (TPSA) is 72.8 Å². The number of ether oxygens (including phenoxy) is 2. The number of rotatable bonds is 8. The summed E-state index contributed by atoms with van der Waals surface area (Å²) < 4.78 is 10.9. The number of hydrogen-bond donors (Lipinski definition) is 1. The molecular formula is C20H30O5S. The zero-order valence-electron chi connectivity index (χ0n) is 15.8. The van der Waals surface area contributed by atoms with Crippen molar-refractivity contribution in [3.63, 3.8) is 0 Å². The van der Waals surface area contributed by atoms with Crippen molar-refractivity contribution >= 4 is 22.0 Å². The van der Waals surface area contributed by atoms with Crippen LogP contribution in [0.4, 0.5) is 0 Å². The Hall–Kier alpha value is -1.53. The van der Waals surface area contributed by atoms with Crippen molar-refractivity contribution < 1.29 is 24.2 Å². The molecule has 2 rings (SSSR count). The van der Waals surface area contributed by atoms with Crippen LogP contribution in [0.3, 0.4) is 0 Å². The maximum Gasteiger partial charge on any atom is 0.310 e. The normalized spacial score (nSPS) is 23.5. The van der Waals surface area contributed by atoms with Crippen molar-refractivity contribution in [2.45, 2.75) is 19.4 Å². The van der Waals surface area contributed by atoms with Crippen molar-refractivity contribution in [2.24, 2.45) is 17.8 Å². The summed E-state index contributed by atoms with van der Waals surface area (Å²) in [6.07, 6.45) is 7.67. The monoisotopic (exact) mass is 382 g/mol. The smallest absolute Gasteiger partial charge is 0.310 e. The van der Waals surface area contributed by atoms with E-state index in [0.29, 0.717) is 19.4 Å². The molecule has 0 radical (unpaired) electrons. The van der Waals surface area contributed by atoms with E-state index in [9.17, 15) is 14.7 Å². The number of carbonyl (C=O) groups is 2. The highest BCUT2D eigenvalue weighted by Crippen LogP contribution is 2.39. The van der Waals surface area contributed by atoms with Gasteiger partial charge >= 0.3 is 11.9 Å². The Kier molecular flexibility index (Phi) is 7.53. The van der Waals surface area contributed by atoms with Gasteiger partial charge in [-0.05, 0) is 43.1 Å². The predicted octanol–water partition coefficient (Wildman–Crippen LogP) is 2.60. The summed E-state index contributed by atoms with van der Waals surface area (Å²) in [4.78, 5) is 25.1. The summed E-state index contributed by atoms with van der Waals surface area (Å²) in [6, 6.07) is 9.45. The Morgan fingerprint density at radius 2 is 1.77 bits per heavy atom. The molecule has 6 heteroatoms. The van der Waals surface area contributed by atoms with E-state index < -0.39 is 21.9 Å². The van der Waals surface area contributed by atoms with Gasteiger partial charge in [0.15, 0.2) is 0 Å². The van der Waals surface area contributed by atoms with Crippen LogP contribution in [0.2, 0.25) is 0 Å². The van der Waals surface area contributed by atoms with E-state index in [1.165, 1.54) is 0 Å². The molecule has 0 aromatic heterocycles. The molecule has 1 aromatic rings. The van der Waals surface area contributed by atoms with Gasteiger partial charge in [-0.1, -0.05) is 30.3 Å². The van der Waals surface area contributed by atoms with Crippen LogP contribution in [0, 0.1) is 17.8 Å². The van der Waals surface area contributed by atoms with Crippen LogP contribution in [-0.4, -0.2) is 54.8 Å². The fourth-order valence-electron chi connectivity index (χ4n) is 3.23. The van der Waals surface area contributed by atoms with Crippen LogP contribution in [0.25, 0.3) is 0 Å². The molecule has 1 saturated carbocycles. The molecule has 1 fully saturated rings. The first-order valence-electron chi connectivity index (χ1n) is 8.96. The van der Waals surface area contributed by atoms with Crippen LogP contribution in [-0.2, 0) is 25.7 Å². The van der Waals surface area contributed by atoms with Crippen molar-refractivity contribution in [2.75, 3.05) is 37.7 Å². The third-order valence-corrected chi connectivity index (χ3v) is 6.15. The lowest BCUT2D eigenvalue weighted by Gasteiger charge is -2.26. The van der Waals surface area contributed by atoms with E-state index in [-0.39, 0.29) is 31.1 Å². The molecule has 0 bridgehead atoms. The van der Waals surface area contributed by atoms with Crippen LogP contribution < -0.4 is 0 Å². The fraction of sp³-hybridized carbons (Fsp3) is 0.600. The van der Waals surface area contributed by atoms with Crippen LogP contribution in [0.5, 0.6) is 0 Å². The lowest BCUT2D eigenvalue weighted by molar-refractivity contribution is -0.161. The predicted molar refractivity (Wildman–Crippen MR) is 104 cm³/mol. The van der Waals surface area contributed by atoms with E-state index in [1.54, 1.807) is 0 Å². The van der Waals surface area contributed by atoms with Gasteiger partial charge in [-0.3, -0.25) is 9.59 Å². The average Bonchev–Trinajstić information content (AvgIpc) is 3.03. The highest BCUT2D eigenvalue weighted by Gasteiger charge is 2.46. The third-order valence-electron chi connectivity index (χ3n) is 4.76. The van der Waals surface area contributed by atoms with Crippen LogP contribution in [0.15, 0.2) is 30.3 Å². The first kappa shape index (κ1) is 20.8. The van der Waals surface area contributed by atoms with Crippen LogP contribution >= 0.6 is 10.0 Å². The first-order valence-corrected chi connectivity index (χ1v) is 12.0. The van der Waals surface area contributed by atoms with Gasteiger partial charge in [-0.25, -0.2) is 10.0 Å². The zero-order valence-corrected chi connectivity index (χ0v) is 16.7. The molecule has 146 valence electrons. The van der Waals surface area contributed by atoms with E-state index in [2.05, 4.69) is 18.8 Å². The Morgan fingerprint density at radius 3 is 2.38 bits per heavy atom. The fourth-order valence-corrected chi connectivity index (χ4v) is 3.81. The quantitative estimate of drug-likeness (QED) is 0.700. The van der Waals surface area contributed by atoms with E-state index in [1.807, 2.05) is 30.3 Å². The molecule has 1 aliphatic carbocycles. The van der Waals surface area contributed by atoms with Crippen molar-refractivity contribution in [1.82, 2.24) is 0 Å². The second-order valence-electron chi connectivity index (χ2n) is 7.71. The molecule has 0 aliphatic heterocycles. The summed E-state index contributed by atoms with van der Waals surface area (Å²) >= 11 is 0. The minimum Gasteiger partial charge on any atom is -0.465 e. The van der Waals surface area contributed by atoms with Gasteiger partial charge in [0.05, 0.1) is 18.4 Å². The first-order chi connectivity index (χ1) is 12.3. The molecule has 1 aromatic carbocycles. The Balaban J connectivity index is 1.94. The molecule has 26 heavy (non-hydrogen) atoms. The molecule has 0 spiro atoms.